The van der Waals surface area contributed by atoms with Crippen LogP contribution in [0.5, 0.6) is 5.75 Å². The minimum absolute atomic E-state index is 0.0574. The summed E-state index contributed by atoms with van der Waals surface area (Å²) >= 11 is 0. The molecule has 30 heavy (non-hydrogen) atoms. The Labute approximate surface area is 179 Å². The molecule has 3 rings (SSSR count). The highest BCUT2D eigenvalue weighted by atomic mass is 16.5. The molecule has 1 aliphatic rings. The van der Waals surface area contributed by atoms with E-state index in [0.29, 0.717) is 16.7 Å². The first-order valence-electron chi connectivity index (χ1n) is 10.4. The van der Waals surface area contributed by atoms with Crippen LogP contribution < -0.4 is 0 Å². The molecule has 4 nitrogen and oxygen atoms in total. The SMILES string of the molecule is COC1(c2cc(C(C)(C)C)c(O)c(C(C)(C)C)c2)CC(=O)c2c(C)cccc2C1=O. The molecule has 0 saturated carbocycles. The number of aromatic hydroxyl groups is 1. The Kier molecular flexibility index (Phi) is 5.23. The lowest BCUT2D eigenvalue weighted by atomic mass is 9.70. The van der Waals surface area contributed by atoms with Crippen LogP contribution >= 0.6 is 0 Å². The van der Waals surface area contributed by atoms with Gasteiger partial charge in [-0.1, -0.05) is 59.7 Å². The Balaban J connectivity index is 2.35. The summed E-state index contributed by atoms with van der Waals surface area (Å²) in [6, 6.07) is 9.01. The molecule has 4 heteroatoms. The number of Topliss-reactive ketones (excluding diaryl/α,β-unsaturated/α-hetero) is 2. The average molecular weight is 409 g/mol. The number of phenolic OH excluding ortho intramolecular Hbond substituents is 1. The summed E-state index contributed by atoms with van der Waals surface area (Å²) in [6.45, 7) is 14.0. The molecular formula is C26H32O4. The number of rotatable bonds is 2. The van der Waals surface area contributed by atoms with E-state index in [-0.39, 0.29) is 34.6 Å². The van der Waals surface area contributed by atoms with Crippen molar-refractivity contribution in [1.82, 2.24) is 0 Å². The molecule has 0 fully saturated rings. The van der Waals surface area contributed by atoms with Gasteiger partial charge in [-0.05, 0) is 52.1 Å². The Morgan fingerprint density at radius 3 is 1.97 bits per heavy atom. The number of ketones is 2. The van der Waals surface area contributed by atoms with Crippen LogP contribution in [0.2, 0.25) is 0 Å². The average Bonchev–Trinajstić information content (AvgIpc) is 2.63. The smallest absolute Gasteiger partial charge is 0.200 e. The molecule has 0 aromatic heterocycles. The molecule has 1 aliphatic carbocycles. The number of aryl methyl sites for hydroxylation is 1. The first kappa shape index (κ1) is 22.2. The number of ether oxygens (including phenoxy) is 1. The second-order valence-corrected chi connectivity index (χ2v) is 10.4. The van der Waals surface area contributed by atoms with Gasteiger partial charge in [0, 0.05) is 18.2 Å². The summed E-state index contributed by atoms with van der Waals surface area (Å²) < 4.78 is 5.87. The quantitative estimate of drug-likeness (QED) is 0.702. The monoisotopic (exact) mass is 408 g/mol. The molecule has 1 unspecified atom stereocenters. The number of fused-ring (bicyclic) bond motifs is 1. The summed E-state index contributed by atoms with van der Waals surface area (Å²) in [4.78, 5) is 26.9. The number of carbonyl (C=O) groups excluding carboxylic acids is 2. The lowest BCUT2D eigenvalue weighted by Crippen LogP contribution is -2.45. The molecular weight excluding hydrogens is 376 g/mol. The van der Waals surface area contributed by atoms with Gasteiger partial charge in [0.2, 0.25) is 0 Å². The van der Waals surface area contributed by atoms with E-state index in [1.165, 1.54) is 7.11 Å². The van der Waals surface area contributed by atoms with Crippen LogP contribution in [0.25, 0.3) is 0 Å². The predicted octanol–water partition coefficient (Wildman–Crippen LogP) is 5.61. The van der Waals surface area contributed by atoms with Gasteiger partial charge in [0.15, 0.2) is 17.2 Å². The first-order valence-corrected chi connectivity index (χ1v) is 10.4. The van der Waals surface area contributed by atoms with E-state index in [1.807, 2.05) is 66.7 Å². The lowest BCUT2D eigenvalue weighted by molar-refractivity contribution is -0.00622. The zero-order chi connectivity index (χ0) is 22.6. The van der Waals surface area contributed by atoms with E-state index in [9.17, 15) is 14.7 Å². The fraction of sp³-hybridized carbons (Fsp3) is 0.462. The normalized spacial score (nSPS) is 19.7. The number of benzene rings is 2. The van der Waals surface area contributed by atoms with E-state index in [4.69, 9.17) is 4.74 Å². The van der Waals surface area contributed by atoms with Crippen molar-refractivity contribution in [2.75, 3.05) is 7.11 Å². The van der Waals surface area contributed by atoms with Crippen molar-refractivity contribution in [2.45, 2.75) is 71.3 Å². The maximum absolute atomic E-state index is 13.7. The van der Waals surface area contributed by atoms with Crippen LogP contribution in [0, 0.1) is 6.92 Å². The van der Waals surface area contributed by atoms with Gasteiger partial charge in [0.25, 0.3) is 0 Å². The molecule has 1 atom stereocenters. The van der Waals surface area contributed by atoms with Crippen molar-refractivity contribution in [1.29, 1.82) is 0 Å². The van der Waals surface area contributed by atoms with Crippen molar-refractivity contribution in [3.63, 3.8) is 0 Å². The summed E-state index contributed by atoms with van der Waals surface area (Å²) in [6.07, 6.45) is -0.0574. The van der Waals surface area contributed by atoms with Gasteiger partial charge in [-0.25, -0.2) is 0 Å². The number of methoxy groups -OCH3 is 1. The van der Waals surface area contributed by atoms with Gasteiger partial charge < -0.3 is 9.84 Å². The standard InChI is InChI=1S/C26H32O4/c1-15-10-9-11-17-21(15)20(27)14-26(30-8,23(17)29)16-12-18(24(2,3)4)22(28)19(13-16)25(5,6)7/h9-13,28H,14H2,1-8H3. The summed E-state index contributed by atoms with van der Waals surface area (Å²) in [5, 5.41) is 11.1. The van der Waals surface area contributed by atoms with Crippen LogP contribution in [-0.4, -0.2) is 23.8 Å². The summed E-state index contributed by atoms with van der Waals surface area (Å²) in [5.41, 5.74) is 1.64. The molecule has 0 spiro atoms. The van der Waals surface area contributed by atoms with Gasteiger partial charge in [0.1, 0.15) is 5.75 Å². The van der Waals surface area contributed by atoms with E-state index < -0.39 is 5.60 Å². The third-order valence-corrected chi connectivity index (χ3v) is 6.11. The van der Waals surface area contributed by atoms with Gasteiger partial charge in [-0.3, -0.25) is 9.59 Å². The molecule has 2 aromatic rings. The zero-order valence-electron chi connectivity index (χ0n) is 19.3. The minimum Gasteiger partial charge on any atom is -0.507 e. The highest BCUT2D eigenvalue weighted by Gasteiger charge is 2.49. The van der Waals surface area contributed by atoms with Crippen LogP contribution in [0.1, 0.15) is 90.9 Å². The molecule has 0 radical (unpaired) electrons. The van der Waals surface area contributed by atoms with Crippen molar-refractivity contribution in [3.05, 3.63) is 63.7 Å². The van der Waals surface area contributed by atoms with Crippen LogP contribution in [0.15, 0.2) is 30.3 Å². The Hall–Kier alpha value is -2.46. The Bertz CT molecular complexity index is 999. The number of phenols is 1. The molecule has 2 aromatic carbocycles. The molecule has 0 heterocycles. The largest absolute Gasteiger partial charge is 0.507 e. The van der Waals surface area contributed by atoms with Crippen molar-refractivity contribution < 1.29 is 19.4 Å². The zero-order valence-corrected chi connectivity index (χ0v) is 19.3. The number of hydrogen-bond acceptors (Lipinski definition) is 4. The van der Waals surface area contributed by atoms with E-state index >= 15 is 0 Å². The number of carbonyl (C=O) groups is 2. The topological polar surface area (TPSA) is 63.6 Å². The molecule has 160 valence electrons. The highest BCUT2D eigenvalue weighted by Crippen LogP contribution is 2.46. The maximum atomic E-state index is 13.7. The molecule has 0 amide bonds. The third-order valence-electron chi connectivity index (χ3n) is 6.11. The van der Waals surface area contributed by atoms with Crippen LogP contribution in [0.3, 0.4) is 0 Å². The minimum atomic E-state index is -1.41. The van der Waals surface area contributed by atoms with E-state index in [0.717, 1.165) is 16.7 Å². The van der Waals surface area contributed by atoms with Crippen LogP contribution in [-0.2, 0) is 21.2 Å². The van der Waals surface area contributed by atoms with Gasteiger partial charge >= 0.3 is 0 Å². The van der Waals surface area contributed by atoms with Crippen molar-refractivity contribution in [3.8, 4) is 5.75 Å². The third kappa shape index (κ3) is 3.37. The molecule has 0 saturated heterocycles. The Morgan fingerprint density at radius 1 is 0.967 bits per heavy atom. The van der Waals surface area contributed by atoms with Crippen molar-refractivity contribution >= 4 is 11.6 Å². The van der Waals surface area contributed by atoms with E-state index in [1.54, 1.807) is 12.1 Å². The first-order chi connectivity index (χ1) is 13.7. The molecule has 0 aliphatic heterocycles. The lowest BCUT2D eigenvalue weighted by Gasteiger charge is -2.37. The van der Waals surface area contributed by atoms with E-state index in [2.05, 4.69) is 0 Å². The molecule has 0 bridgehead atoms. The van der Waals surface area contributed by atoms with Crippen LogP contribution in [0.4, 0.5) is 0 Å². The van der Waals surface area contributed by atoms with Crippen molar-refractivity contribution in [2.24, 2.45) is 0 Å². The predicted molar refractivity (Wildman–Crippen MR) is 119 cm³/mol. The van der Waals surface area contributed by atoms with Gasteiger partial charge in [-0.2, -0.15) is 0 Å². The second kappa shape index (κ2) is 7.05. The Morgan fingerprint density at radius 2 is 1.50 bits per heavy atom. The second-order valence-electron chi connectivity index (χ2n) is 10.4. The summed E-state index contributed by atoms with van der Waals surface area (Å²) in [7, 11) is 1.48. The van der Waals surface area contributed by atoms with Gasteiger partial charge in [-0.15, -0.1) is 0 Å². The number of hydrogen-bond donors (Lipinski definition) is 1. The van der Waals surface area contributed by atoms with Gasteiger partial charge in [0.05, 0.1) is 6.42 Å². The fourth-order valence-corrected chi connectivity index (χ4v) is 4.37. The highest BCUT2D eigenvalue weighted by molar-refractivity contribution is 6.18. The summed E-state index contributed by atoms with van der Waals surface area (Å²) in [5.74, 6) is -0.0863. The molecule has 1 N–H and O–H groups in total. The maximum Gasteiger partial charge on any atom is 0.200 e. The fourth-order valence-electron chi connectivity index (χ4n) is 4.37.